The summed E-state index contributed by atoms with van der Waals surface area (Å²) < 4.78 is 0. The van der Waals surface area contributed by atoms with Crippen molar-refractivity contribution >= 4 is 5.91 Å². The number of rotatable bonds is 8. The minimum atomic E-state index is -0.565. The molecule has 0 aromatic rings. The van der Waals surface area contributed by atoms with E-state index in [9.17, 15) is 4.79 Å². The Labute approximate surface area is 97.0 Å². The van der Waals surface area contributed by atoms with Gasteiger partial charge in [0.15, 0.2) is 0 Å². The summed E-state index contributed by atoms with van der Waals surface area (Å²) in [4.78, 5) is 11.5. The van der Waals surface area contributed by atoms with Gasteiger partial charge in [0.1, 0.15) is 0 Å². The molecule has 0 spiro atoms. The molecule has 0 bridgehead atoms. The maximum atomic E-state index is 11.5. The van der Waals surface area contributed by atoms with E-state index in [0.717, 1.165) is 6.42 Å². The lowest BCUT2D eigenvalue weighted by atomic mass is 9.94. The van der Waals surface area contributed by atoms with Gasteiger partial charge < -0.3 is 21.3 Å². The third-order valence-corrected chi connectivity index (χ3v) is 2.42. The van der Waals surface area contributed by atoms with Gasteiger partial charge in [0.2, 0.25) is 5.91 Å². The third-order valence-electron chi connectivity index (χ3n) is 2.42. The number of carbonyl (C=O) groups is 1. The van der Waals surface area contributed by atoms with Gasteiger partial charge in [0.05, 0.1) is 19.3 Å². The fourth-order valence-corrected chi connectivity index (χ4v) is 1.63. The Kier molecular flexibility index (Phi) is 8.15. The van der Waals surface area contributed by atoms with E-state index in [1.807, 2.05) is 0 Å². The van der Waals surface area contributed by atoms with Crippen LogP contribution in [0, 0.1) is 11.8 Å². The molecular formula is C11H24N2O3. The molecule has 16 heavy (non-hydrogen) atoms. The summed E-state index contributed by atoms with van der Waals surface area (Å²) in [6.45, 7) is 4.16. The Balaban J connectivity index is 3.99. The molecule has 0 heterocycles. The van der Waals surface area contributed by atoms with Crippen LogP contribution in [-0.2, 0) is 4.79 Å². The number of aliphatic hydroxyl groups is 2. The highest BCUT2D eigenvalue weighted by molar-refractivity contribution is 5.76. The number of hydrogen-bond acceptors (Lipinski definition) is 4. The monoisotopic (exact) mass is 232 g/mol. The average molecular weight is 232 g/mol. The van der Waals surface area contributed by atoms with Crippen molar-refractivity contribution in [2.45, 2.75) is 32.7 Å². The SMILES string of the molecule is CC(C)CC(CN)CC(=O)NC(CO)CO. The molecule has 0 saturated heterocycles. The van der Waals surface area contributed by atoms with Gasteiger partial charge >= 0.3 is 0 Å². The number of hydrogen-bond donors (Lipinski definition) is 4. The van der Waals surface area contributed by atoms with Crippen LogP contribution in [-0.4, -0.2) is 41.9 Å². The molecular weight excluding hydrogens is 208 g/mol. The number of amides is 1. The van der Waals surface area contributed by atoms with Gasteiger partial charge in [0.25, 0.3) is 0 Å². The molecule has 0 saturated carbocycles. The van der Waals surface area contributed by atoms with Gasteiger partial charge in [-0.25, -0.2) is 0 Å². The molecule has 0 aliphatic rings. The minimum Gasteiger partial charge on any atom is -0.394 e. The molecule has 1 unspecified atom stereocenters. The standard InChI is InChI=1S/C11H24N2O3/c1-8(2)3-9(5-12)4-11(16)13-10(6-14)7-15/h8-10,14-15H,3-7,12H2,1-2H3,(H,13,16). The number of nitrogens with two attached hydrogens (primary N) is 1. The van der Waals surface area contributed by atoms with E-state index in [0.29, 0.717) is 18.9 Å². The van der Waals surface area contributed by atoms with Crippen LogP contribution in [0.2, 0.25) is 0 Å². The molecule has 5 N–H and O–H groups in total. The lowest BCUT2D eigenvalue weighted by molar-refractivity contribution is -0.123. The summed E-state index contributed by atoms with van der Waals surface area (Å²) in [6.07, 6.45) is 1.26. The first-order chi connectivity index (χ1) is 7.53. The van der Waals surface area contributed by atoms with E-state index in [-0.39, 0.29) is 25.0 Å². The predicted octanol–water partition coefficient (Wildman–Crippen LogP) is -0.533. The second-order valence-electron chi connectivity index (χ2n) is 4.56. The molecule has 5 heteroatoms. The van der Waals surface area contributed by atoms with Crippen LogP contribution in [0.15, 0.2) is 0 Å². The summed E-state index contributed by atoms with van der Waals surface area (Å²) in [7, 11) is 0. The van der Waals surface area contributed by atoms with E-state index in [4.69, 9.17) is 15.9 Å². The quantitative estimate of drug-likeness (QED) is 0.452. The van der Waals surface area contributed by atoms with Gasteiger partial charge in [-0.15, -0.1) is 0 Å². The summed E-state index contributed by atoms with van der Waals surface area (Å²) in [6, 6.07) is -0.565. The predicted molar refractivity (Wildman–Crippen MR) is 62.7 cm³/mol. The Morgan fingerprint density at radius 3 is 2.25 bits per heavy atom. The minimum absolute atomic E-state index is 0.163. The fraction of sp³-hybridized carbons (Fsp3) is 0.909. The van der Waals surface area contributed by atoms with Crippen molar-refractivity contribution in [3.8, 4) is 0 Å². The van der Waals surface area contributed by atoms with Gasteiger partial charge in [-0.1, -0.05) is 13.8 Å². The Morgan fingerprint density at radius 2 is 1.88 bits per heavy atom. The lowest BCUT2D eigenvalue weighted by Crippen LogP contribution is -2.41. The summed E-state index contributed by atoms with van der Waals surface area (Å²) >= 11 is 0. The summed E-state index contributed by atoms with van der Waals surface area (Å²) in [5, 5.41) is 20.2. The Hall–Kier alpha value is -0.650. The fourth-order valence-electron chi connectivity index (χ4n) is 1.63. The van der Waals surface area contributed by atoms with Crippen LogP contribution in [0.3, 0.4) is 0 Å². The number of aliphatic hydroxyl groups excluding tert-OH is 2. The van der Waals surface area contributed by atoms with Crippen molar-refractivity contribution in [1.29, 1.82) is 0 Å². The van der Waals surface area contributed by atoms with Crippen molar-refractivity contribution in [1.82, 2.24) is 5.32 Å². The van der Waals surface area contributed by atoms with Crippen molar-refractivity contribution < 1.29 is 15.0 Å². The summed E-state index contributed by atoms with van der Waals surface area (Å²) in [5.41, 5.74) is 5.59. The van der Waals surface area contributed by atoms with Crippen LogP contribution >= 0.6 is 0 Å². The molecule has 0 aliphatic carbocycles. The highest BCUT2D eigenvalue weighted by atomic mass is 16.3. The van der Waals surface area contributed by atoms with Crippen molar-refractivity contribution in [3.63, 3.8) is 0 Å². The number of nitrogens with one attached hydrogen (secondary N) is 1. The molecule has 0 fully saturated rings. The molecule has 0 aromatic heterocycles. The Morgan fingerprint density at radius 1 is 1.31 bits per heavy atom. The molecule has 1 atom stereocenters. The van der Waals surface area contributed by atoms with Crippen LogP contribution in [0.5, 0.6) is 0 Å². The lowest BCUT2D eigenvalue weighted by Gasteiger charge is -2.19. The van der Waals surface area contributed by atoms with Gasteiger partial charge in [-0.05, 0) is 24.8 Å². The number of carbonyl (C=O) groups excluding carboxylic acids is 1. The highest BCUT2D eigenvalue weighted by Crippen LogP contribution is 2.13. The van der Waals surface area contributed by atoms with E-state index < -0.39 is 6.04 Å². The molecule has 0 radical (unpaired) electrons. The molecule has 5 nitrogen and oxygen atoms in total. The topological polar surface area (TPSA) is 95.6 Å². The molecule has 0 aliphatic heterocycles. The van der Waals surface area contributed by atoms with Crippen LogP contribution in [0.4, 0.5) is 0 Å². The van der Waals surface area contributed by atoms with Crippen molar-refractivity contribution in [2.24, 2.45) is 17.6 Å². The van der Waals surface area contributed by atoms with E-state index >= 15 is 0 Å². The zero-order valence-corrected chi connectivity index (χ0v) is 10.1. The molecule has 1 amide bonds. The first kappa shape index (κ1) is 15.3. The van der Waals surface area contributed by atoms with Crippen molar-refractivity contribution in [3.05, 3.63) is 0 Å². The first-order valence-electron chi connectivity index (χ1n) is 5.74. The highest BCUT2D eigenvalue weighted by Gasteiger charge is 2.16. The van der Waals surface area contributed by atoms with E-state index in [2.05, 4.69) is 19.2 Å². The normalized spacial score (nSPS) is 13.2. The summed E-state index contributed by atoms with van der Waals surface area (Å²) in [5.74, 6) is 0.509. The maximum Gasteiger partial charge on any atom is 0.220 e. The van der Waals surface area contributed by atoms with Gasteiger partial charge in [-0.3, -0.25) is 4.79 Å². The van der Waals surface area contributed by atoms with E-state index in [1.54, 1.807) is 0 Å². The first-order valence-corrected chi connectivity index (χ1v) is 5.74. The largest absolute Gasteiger partial charge is 0.394 e. The van der Waals surface area contributed by atoms with Crippen LogP contribution in [0.25, 0.3) is 0 Å². The second kappa shape index (κ2) is 8.50. The smallest absolute Gasteiger partial charge is 0.220 e. The zero-order valence-electron chi connectivity index (χ0n) is 10.1. The Bertz CT molecular complexity index is 194. The average Bonchev–Trinajstić information content (AvgIpc) is 2.24. The van der Waals surface area contributed by atoms with Gasteiger partial charge in [-0.2, -0.15) is 0 Å². The van der Waals surface area contributed by atoms with E-state index in [1.165, 1.54) is 0 Å². The third kappa shape index (κ3) is 6.76. The zero-order chi connectivity index (χ0) is 12.6. The van der Waals surface area contributed by atoms with Crippen LogP contribution in [0.1, 0.15) is 26.7 Å². The molecule has 0 aromatic carbocycles. The van der Waals surface area contributed by atoms with Crippen LogP contribution < -0.4 is 11.1 Å². The van der Waals surface area contributed by atoms with Crippen molar-refractivity contribution in [2.75, 3.05) is 19.8 Å². The maximum absolute atomic E-state index is 11.5. The second-order valence-corrected chi connectivity index (χ2v) is 4.56. The molecule has 96 valence electrons. The van der Waals surface area contributed by atoms with Gasteiger partial charge in [0, 0.05) is 6.42 Å². The molecule has 0 rings (SSSR count).